The van der Waals surface area contributed by atoms with Crippen molar-refractivity contribution >= 4 is 39.7 Å². The summed E-state index contributed by atoms with van der Waals surface area (Å²) in [5.41, 5.74) is 4.96. The van der Waals surface area contributed by atoms with Crippen LogP contribution in [-0.4, -0.2) is 35.8 Å². The first kappa shape index (κ1) is 21.1. The fraction of sp³-hybridized carbons (Fsp3) is 0.526. The van der Waals surface area contributed by atoms with E-state index >= 15 is 0 Å². The molecule has 1 aliphatic rings. The van der Waals surface area contributed by atoms with Crippen LogP contribution in [0.4, 0.5) is 0 Å². The largest absolute Gasteiger partial charge is 0.386 e. The molecule has 0 bridgehead atoms. The summed E-state index contributed by atoms with van der Waals surface area (Å²) in [5.74, 6) is -0.228. The van der Waals surface area contributed by atoms with Crippen LogP contribution in [0.3, 0.4) is 0 Å². The number of aliphatic hydroxyl groups excluding tert-OH is 1. The number of fused-ring (bicyclic) bond motifs is 1. The van der Waals surface area contributed by atoms with E-state index in [1.54, 1.807) is 0 Å². The quantitative estimate of drug-likeness (QED) is 0.698. The molecular formula is C19H27ClN2O3S. The molecular weight excluding hydrogens is 372 g/mol. The van der Waals surface area contributed by atoms with E-state index in [1.165, 1.54) is 11.3 Å². The molecule has 0 spiro atoms. The second-order valence-electron chi connectivity index (χ2n) is 7.25. The number of thiophene rings is 1. The number of hydrogen-bond acceptors (Lipinski definition) is 5. The summed E-state index contributed by atoms with van der Waals surface area (Å²) in [5, 5.41) is 14.3. The zero-order valence-electron chi connectivity index (χ0n) is 15.3. The fourth-order valence-corrected chi connectivity index (χ4v) is 4.49. The number of ether oxygens (including phenoxy) is 1. The molecule has 7 heteroatoms. The van der Waals surface area contributed by atoms with Crippen LogP contribution >= 0.6 is 23.7 Å². The van der Waals surface area contributed by atoms with Gasteiger partial charge in [-0.05, 0) is 24.4 Å². The topological polar surface area (TPSA) is 84.6 Å². The second kappa shape index (κ2) is 7.82. The highest BCUT2D eigenvalue weighted by molar-refractivity contribution is 7.19. The van der Waals surface area contributed by atoms with Gasteiger partial charge in [0.05, 0.1) is 6.10 Å². The molecule has 1 aromatic heterocycles. The van der Waals surface area contributed by atoms with Crippen LogP contribution < -0.4 is 11.1 Å². The van der Waals surface area contributed by atoms with Gasteiger partial charge in [-0.15, -0.1) is 23.7 Å². The Morgan fingerprint density at radius 2 is 2.15 bits per heavy atom. The van der Waals surface area contributed by atoms with Crippen LogP contribution in [0, 0.1) is 5.41 Å². The molecule has 1 saturated carbocycles. The van der Waals surface area contributed by atoms with E-state index in [1.807, 2.05) is 51.1 Å². The van der Waals surface area contributed by atoms with Crippen molar-refractivity contribution in [1.82, 2.24) is 5.32 Å². The van der Waals surface area contributed by atoms with E-state index in [0.717, 1.165) is 15.0 Å². The first-order chi connectivity index (χ1) is 11.8. The Kier molecular flexibility index (Phi) is 6.36. The Morgan fingerprint density at radius 1 is 1.46 bits per heavy atom. The zero-order chi connectivity index (χ0) is 18.2. The van der Waals surface area contributed by atoms with E-state index in [9.17, 15) is 9.90 Å². The molecule has 3 rings (SSSR count). The first-order valence-electron chi connectivity index (χ1n) is 8.65. The molecule has 3 atom stereocenters. The number of carbonyl (C=O) groups is 1. The molecule has 3 unspecified atom stereocenters. The molecule has 26 heavy (non-hydrogen) atoms. The minimum absolute atomic E-state index is 0. The van der Waals surface area contributed by atoms with Gasteiger partial charge in [0, 0.05) is 34.6 Å². The second-order valence-corrected chi connectivity index (χ2v) is 8.37. The number of nitrogens with two attached hydrogens (primary N) is 1. The van der Waals surface area contributed by atoms with Gasteiger partial charge in [0.25, 0.3) is 0 Å². The summed E-state index contributed by atoms with van der Waals surface area (Å²) in [7, 11) is 0. The van der Waals surface area contributed by atoms with Gasteiger partial charge >= 0.3 is 0 Å². The molecule has 4 N–H and O–H groups in total. The molecule has 1 aromatic carbocycles. The Balaban J connectivity index is 0.00000243. The number of aliphatic hydroxyl groups is 1. The number of nitrogens with one attached hydrogen (secondary N) is 1. The number of carbonyl (C=O) groups excluding carboxylic acids is 1. The number of rotatable bonds is 6. The maximum absolute atomic E-state index is 12.6. The minimum Gasteiger partial charge on any atom is -0.386 e. The monoisotopic (exact) mass is 398 g/mol. The number of amides is 1. The van der Waals surface area contributed by atoms with Crippen molar-refractivity contribution < 1.29 is 14.6 Å². The maximum atomic E-state index is 12.6. The lowest BCUT2D eigenvalue weighted by molar-refractivity contribution is -0.170. The summed E-state index contributed by atoms with van der Waals surface area (Å²) < 4.78 is 6.78. The van der Waals surface area contributed by atoms with Crippen LogP contribution in [0.5, 0.6) is 0 Å². The first-order valence-corrected chi connectivity index (χ1v) is 9.46. The summed E-state index contributed by atoms with van der Waals surface area (Å²) in [6.45, 7) is 6.61. The van der Waals surface area contributed by atoms with E-state index < -0.39 is 17.1 Å². The highest BCUT2D eigenvalue weighted by Gasteiger charge is 2.62. The van der Waals surface area contributed by atoms with Gasteiger partial charge in [0.2, 0.25) is 5.91 Å². The summed E-state index contributed by atoms with van der Waals surface area (Å²) >= 11 is 1.54. The third-order valence-electron chi connectivity index (χ3n) is 5.46. The summed E-state index contributed by atoms with van der Waals surface area (Å²) in [6, 6.07) is 9.95. The average Bonchev–Trinajstić information content (AvgIpc) is 3.03. The van der Waals surface area contributed by atoms with E-state index in [4.69, 9.17) is 10.5 Å². The lowest BCUT2D eigenvalue weighted by Gasteiger charge is -2.57. The van der Waals surface area contributed by atoms with Gasteiger partial charge in [-0.3, -0.25) is 4.79 Å². The Morgan fingerprint density at radius 3 is 2.77 bits per heavy atom. The molecule has 1 fully saturated rings. The predicted octanol–water partition coefficient (Wildman–Crippen LogP) is 3.01. The Hall–Kier alpha value is -1.18. The van der Waals surface area contributed by atoms with E-state index in [0.29, 0.717) is 13.0 Å². The fourth-order valence-electron chi connectivity index (χ4n) is 3.43. The van der Waals surface area contributed by atoms with Gasteiger partial charge in [-0.25, -0.2) is 0 Å². The van der Waals surface area contributed by atoms with Gasteiger partial charge in [-0.1, -0.05) is 32.0 Å². The molecule has 0 aliphatic heterocycles. The van der Waals surface area contributed by atoms with Crippen molar-refractivity contribution in [2.75, 3.05) is 13.2 Å². The molecule has 5 nitrogen and oxygen atoms in total. The molecule has 1 amide bonds. The van der Waals surface area contributed by atoms with Gasteiger partial charge in [-0.2, -0.15) is 0 Å². The van der Waals surface area contributed by atoms with Gasteiger partial charge < -0.3 is 20.9 Å². The van der Waals surface area contributed by atoms with Crippen molar-refractivity contribution in [2.45, 2.75) is 44.9 Å². The Bertz CT molecular complexity index is 746. The van der Waals surface area contributed by atoms with Crippen LogP contribution in [-0.2, 0) is 9.53 Å². The number of hydrogen-bond donors (Lipinski definition) is 3. The van der Waals surface area contributed by atoms with E-state index in [2.05, 4.69) is 5.32 Å². The molecule has 0 radical (unpaired) electrons. The van der Waals surface area contributed by atoms with Gasteiger partial charge in [0.1, 0.15) is 11.6 Å². The minimum atomic E-state index is -0.966. The predicted molar refractivity (Wildman–Crippen MR) is 108 cm³/mol. The van der Waals surface area contributed by atoms with Crippen molar-refractivity contribution in [2.24, 2.45) is 11.1 Å². The third kappa shape index (κ3) is 3.49. The zero-order valence-corrected chi connectivity index (χ0v) is 17.0. The van der Waals surface area contributed by atoms with Crippen LogP contribution in [0.15, 0.2) is 30.3 Å². The smallest absolute Gasteiger partial charge is 0.240 e. The third-order valence-corrected chi connectivity index (χ3v) is 6.68. The highest BCUT2D eigenvalue weighted by Crippen LogP contribution is 2.49. The SMILES string of the molecule is CCOC1CC(N)(C(=O)NCC(O)c2cc3ccccc3s2)C1(C)C.Cl. The molecule has 1 aliphatic carbocycles. The van der Waals surface area contributed by atoms with Crippen molar-refractivity contribution in [3.63, 3.8) is 0 Å². The van der Waals surface area contributed by atoms with Crippen molar-refractivity contribution in [3.05, 3.63) is 35.2 Å². The lowest BCUT2D eigenvalue weighted by atomic mass is 9.54. The summed E-state index contributed by atoms with van der Waals surface area (Å²) in [6.07, 6.45) is -0.254. The lowest BCUT2D eigenvalue weighted by Crippen LogP contribution is -2.75. The molecule has 2 aromatic rings. The van der Waals surface area contributed by atoms with Crippen molar-refractivity contribution in [1.29, 1.82) is 0 Å². The van der Waals surface area contributed by atoms with Crippen LogP contribution in [0.25, 0.3) is 10.1 Å². The van der Waals surface area contributed by atoms with Gasteiger partial charge in [0.15, 0.2) is 0 Å². The molecule has 0 saturated heterocycles. The van der Waals surface area contributed by atoms with E-state index in [-0.39, 0.29) is 31.0 Å². The Labute approximate surface area is 164 Å². The summed E-state index contributed by atoms with van der Waals surface area (Å²) in [4.78, 5) is 13.5. The van der Waals surface area contributed by atoms with Crippen LogP contribution in [0.2, 0.25) is 0 Å². The highest BCUT2D eigenvalue weighted by atomic mass is 35.5. The number of halogens is 1. The van der Waals surface area contributed by atoms with Crippen LogP contribution in [0.1, 0.15) is 38.2 Å². The normalized spacial score (nSPS) is 25.2. The molecule has 1 heterocycles. The standard InChI is InChI=1S/C19H26N2O3S.ClH/c1-4-24-16-10-19(20,18(16,2)3)17(23)21-11-13(22)15-9-12-7-5-6-8-14(12)25-15;/h5-9,13,16,22H,4,10-11,20H2,1-3H3,(H,21,23);1H. The number of benzene rings is 1. The maximum Gasteiger partial charge on any atom is 0.240 e. The molecule has 144 valence electrons. The van der Waals surface area contributed by atoms with Crippen molar-refractivity contribution in [3.8, 4) is 0 Å². The average molecular weight is 399 g/mol.